The maximum atomic E-state index is 4.93. The summed E-state index contributed by atoms with van der Waals surface area (Å²) in [5.41, 5.74) is 8.99. The second-order valence-electron chi connectivity index (χ2n) is 8.70. The Morgan fingerprint density at radius 2 is 1.63 bits per heavy atom. The molecule has 0 saturated heterocycles. The Morgan fingerprint density at radius 3 is 2.33 bits per heavy atom. The van der Waals surface area contributed by atoms with E-state index in [1.165, 1.54) is 86.5 Å². The van der Waals surface area contributed by atoms with Crippen molar-refractivity contribution >= 4 is 23.1 Å². The van der Waals surface area contributed by atoms with Crippen LogP contribution in [0.1, 0.15) is 93.7 Å². The molecule has 0 spiro atoms. The number of hydrogen-bond donors (Lipinski definition) is 0. The predicted octanol–water partition coefficient (Wildman–Crippen LogP) is 9.69. The van der Waals surface area contributed by atoms with E-state index in [0.29, 0.717) is 0 Å². The predicted molar refractivity (Wildman–Crippen MR) is 130 cm³/mol. The number of hydrogen-bond acceptors (Lipinski definition) is 0. The molecule has 2 aromatic carbocycles. The van der Waals surface area contributed by atoms with Gasteiger partial charge in [-0.3, -0.25) is 0 Å². The van der Waals surface area contributed by atoms with Gasteiger partial charge in [0.25, 0.3) is 0 Å². The van der Waals surface area contributed by atoms with E-state index in [2.05, 4.69) is 55.5 Å². The SMILES string of the molecule is CCCCCCC1=Cc2c(cccc2-c2ccc(C3CCCCC3)cc2)C1.[Cl][Zr][Cl]. The first-order chi connectivity index (χ1) is 14.8. The molecule has 0 amide bonds. The van der Waals surface area contributed by atoms with E-state index < -0.39 is 20.8 Å². The summed E-state index contributed by atoms with van der Waals surface area (Å²) in [4.78, 5) is 0. The van der Waals surface area contributed by atoms with Crippen molar-refractivity contribution in [2.75, 3.05) is 0 Å². The van der Waals surface area contributed by atoms with Gasteiger partial charge in [0.2, 0.25) is 0 Å². The number of halogens is 2. The van der Waals surface area contributed by atoms with Crippen molar-refractivity contribution in [3.05, 3.63) is 64.7 Å². The molecule has 4 rings (SSSR count). The number of rotatable bonds is 7. The van der Waals surface area contributed by atoms with Crippen molar-refractivity contribution in [2.45, 2.75) is 83.5 Å². The third kappa shape index (κ3) is 6.82. The van der Waals surface area contributed by atoms with Crippen LogP contribution in [0.25, 0.3) is 17.2 Å². The average Bonchev–Trinajstić information content (AvgIpc) is 3.21. The monoisotopic (exact) mass is 518 g/mol. The molecule has 30 heavy (non-hydrogen) atoms. The molecular formula is C27H34Cl2Zr. The summed E-state index contributed by atoms with van der Waals surface area (Å²) in [7, 11) is 9.87. The standard InChI is InChI=1S/C27H34.2ClH.Zr/c1-2-3-4-6-10-21-19-25-13-9-14-26(27(25)20-21)24-17-15-23(16-18-24)22-11-7-5-8-12-22;;;/h9,13-18,20,22H,2-8,10-12,19H2,1H3;2*1H;/q;;;+2/p-2. The normalized spacial score (nSPS) is 15.8. The molecular weight excluding hydrogens is 486 g/mol. The van der Waals surface area contributed by atoms with Gasteiger partial charge in [-0.15, -0.1) is 0 Å². The molecule has 3 heteroatoms. The molecule has 0 atom stereocenters. The second kappa shape index (κ2) is 13.3. The quantitative estimate of drug-likeness (QED) is 0.319. The molecule has 2 aliphatic rings. The van der Waals surface area contributed by atoms with Gasteiger partial charge in [0.15, 0.2) is 0 Å². The van der Waals surface area contributed by atoms with Gasteiger partial charge in [-0.25, -0.2) is 0 Å². The Balaban J connectivity index is 0.000000806. The van der Waals surface area contributed by atoms with Crippen LogP contribution in [0, 0.1) is 0 Å². The Bertz CT molecular complexity index is 804. The van der Waals surface area contributed by atoms with Crippen LogP contribution in [0.3, 0.4) is 0 Å². The summed E-state index contributed by atoms with van der Waals surface area (Å²) in [6.07, 6.45) is 17.3. The van der Waals surface area contributed by atoms with Gasteiger partial charge in [-0.05, 0) is 65.8 Å². The van der Waals surface area contributed by atoms with Crippen LogP contribution in [0.2, 0.25) is 0 Å². The fourth-order valence-corrected chi connectivity index (χ4v) is 5.00. The van der Waals surface area contributed by atoms with Crippen LogP contribution in [0.4, 0.5) is 0 Å². The molecule has 2 aliphatic carbocycles. The van der Waals surface area contributed by atoms with Gasteiger partial charge in [0.1, 0.15) is 0 Å². The zero-order chi connectivity index (χ0) is 21.2. The van der Waals surface area contributed by atoms with Crippen molar-refractivity contribution in [3.63, 3.8) is 0 Å². The Kier molecular flexibility index (Phi) is 10.7. The number of allylic oxidation sites excluding steroid dienone is 1. The molecule has 0 unspecified atom stereocenters. The molecule has 0 nitrogen and oxygen atoms in total. The first-order valence-electron chi connectivity index (χ1n) is 11.6. The van der Waals surface area contributed by atoms with E-state index in [0.717, 1.165) is 12.3 Å². The molecule has 1 saturated carbocycles. The summed E-state index contributed by atoms with van der Waals surface area (Å²) >= 11 is -0.826. The van der Waals surface area contributed by atoms with Crippen LogP contribution in [0.5, 0.6) is 0 Å². The van der Waals surface area contributed by atoms with E-state index in [4.69, 9.17) is 17.0 Å². The van der Waals surface area contributed by atoms with Crippen LogP contribution in [-0.4, -0.2) is 0 Å². The van der Waals surface area contributed by atoms with Crippen LogP contribution < -0.4 is 0 Å². The summed E-state index contributed by atoms with van der Waals surface area (Å²) in [6, 6.07) is 16.4. The van der Waals surface area contributed by atoms with Gasteiger partial charge in [0.05, 0.1) is 0 Å². The first kappa shape index (κ1) is 24.3. The Hall–Kier alpha value is -0.357. The summed E-state index contributed by atoms with van der Waals surface area (Å²) in [5, 5.41) is 0. The fraction of sp³-hybridized carbons (Fsp3) is 0.481. The summed E-state index contributed by atoms with van der Waals surface area (Å²) < 4.78 is 0. The van der Waals surface area contributed by atoms with E-state index in [-0.39, 0.29) is 0 Å². The molecule has 1 fully saturated rings. The van der Waals surface area contributed by atoms with Crippen molar-refractivity contribution in [2.24, 2.45) is 0 Å². The van der Waals surface area contributed by atoms with Gasteiger partial charge in [-0.1, -0.05) is 99.6 Å². The summed E-state index contributed by atoms with van der Waals surface area (Å²) in [6.45, 7) is 2.29. The molecule has 0 N–H and O–H groups in total. The molecule has 0 heterocycles. The van der Waals surface area contributed by atoms with Crippen LogP contribution in [-0.2, 0) is 27.3 Å². The van der Waals surface area contributed by atoms with E-state index in [9.17, 15) is 0 Å². The number of unbranched alkanes of at least 4 members (excludes halogenated alkanes) is 3. The minimum atomic E-state index is -0.826. The topological polar surface area (TPSA) is 0 Å². The van der Waals surface area contributed by atoms with Crippen molar-refractivity contribution in [3.8, 4) is 11.1 Å². The first-order valence-corrected chi connectivity index (χ1v) is 18.0. The van der Waals surface area contributed by atoms with Gasteiger partial charge < -0.3 is 0 Å². The molecule has 0 radical (unpaired) electrons. The van der Waals surface area contributed by atoms with Crippen molar-refractivity contribution < 1.29 is 20.8 Å². The zero-order valence-electron chi connectivity index (χ0n) is 18.2. The van der Waals surface area contributed by atoms with Gasteiger partial charge >= 0.3 is 37.9 Å². The van der Waals surface area contributed by atoms with E-state index in [1.54, 1.807) is 11.1 Å². The van der Waals surface area contributed by atoms with Gasteiger partial charge in [0, 0.05) is 0 Å². The third-order valence-corrected chi connectivity index (χ3v) is 6.61. The molecule has 160 valence electrons. The molecule has 0 bridgehead atoms. The third-order valence-electron chi connectivity index (χ3n) is 6.61. The maximum absolute atomic E-state index is 4.93. The van der Waals surface area contributed by atoms with Crippen molar-refractivity contribution in [1.82, 2.24) is 0 Å². The zero-order valence-corrected chi connectivity index (χ0v) is 22.2. The second-order valence-corrected chi connectivity index (χ2v) is 12.4. The minimum absolute atomic E-state index is 0.795. The Morgan fingerprint density at radius 1 is 0.900 bits per heavy atom. The molecule has 0 aromatic heterocycles. The average molecular weight is 521 g/mol. The van der Waals surface area contributed by atoms with Crippen LogP contribution in [0.15, 0.2) is 48.0 Å². The number of benzene rings is 2. The van der Waals surface area contributed by atoms with E-state index >= 15 is 0 Å². The van der Waals surface area contributed by atoms with Crippen molar-refractivity contribution in [1.29, 1.82) is 0 Å². The number of fused-ring (bicyclic) bond motifs is 1. The Labute approximate surface area is 202 Å². The molecule has 2 aromatic rings. The van der Waals surface area contributed by atoms with Gasteiger partial charge in [-0.2, -0.15) is 0 Å². The molecule has 0 aliphatic heterocycles. The fourth-order valence-electron chi connectivity index (χ4n) is 5.00. The summed E-state index contributed by atoms with van der Waals surface area (Å²) in [5.74, 6) is 0.795. The van der Waals surface area contributed by atoms with E-state index in [1.807, 2.05) is 0 Å². The van der Waals surface area contributed by atoms with Crippen LogP contribution >= 0.6 is 17.0 Å².